The molecule has 0 radical (unpaired) electrons. The Balaban J connectivity index is 1.81. The lowest BCUT2D eigenvalue weighted by atomic mass is 9.97. The molecule has 118 valence electrons. The number of anilines is 1. The quantitative estimate of drug-likeness (QED) is 0.908. The fourth-order valence-corrected chi connectivity index (χ4v) is 4.60. The van der Waals surface area contributed by atoms with Gasteiger partial charge in [-0.2, -0.15) is 0 Å². The van der Waals surface area contributed by atoms with E-state index in [-0.39, 0.29) is 6.04 Å². The van der Waals surface area contributed by atoms with Crippen LogP contribution in [0, 0.1) is 0 Å². The summed E-state index contributed by atoms with van der Waals surface area (Å²) in [6, 6.07) is 0.259. The van der Waals surface area contributed by atoms with Crippen LogP contribution >= 0.6 is 11.3 Å². The number of hydrogen-bond donors (Lipinski definition) is 1. The van der Waals surface area contributed by atoms with E-state index in [2.05, 4.69) is 12.2 Å². The molecule has 2 heterocycles. The third kappa shape index (κ3) is 2.61. The van der Waals surface area contributed by atoms with E-state index in [4.69, 9.17) is 14.7 Å². The fraction of sp³-hybridized carbons (Fsp3) is 0.647. The van der Waals surface area contributed by atoms with Crippen LogP contribution in [0.3, 0.4) is 0 Å². The van der Waals surface area contributed by atoms with Gasteiger partial charge < -0.3 is 10.1 Å². The molecule has 5 heteroatoms. The van der Waals surface area contributed by atoms with E-state index in [9.17, 15) is 0 Å². The number of nitrogens with zero attached hydrogens (tertiary/aromatic N) is 2. The monoisotopic (exact) mass is 317 g/mol. The number of aromatic nitrogens is 2. The average molecular weight is 317 g/mol. The van der Waals surface area contributed by atoms with Gasteiger partial charge in [-0.1, -0.05) is 0 Å². The molecule has 2 aliphatic rings. The Morgan fingerprint density at radius 1 is 1.27 bits per heavy atom. The highest BCUT2D eigenvalue weighted by atomic mass is 32.1. The zero-order valence-corrected chi connectivity index (χ0v) is 14.1. The molecule has 0 unspecified atom stereocenters. The number of aryl methyl sites for hydroxylation is 2. The van der Waals surface area contributed by atoms with Crippen molar-refractivity contribution in [1.29, 1.82) is 0 Å². The van der Waals surface area contributed by atoms with E-state index in [1.807, 2.05) is 11.3 Å². The van der Waals surface area contributed by atoms with Crippen LogP contribution in [0.5, 0.6) is 0 Å². The van der Waals surface area contributed by atoms with Crippen LogP contribution in [0.4, 0.5) is 5.82 Å². The Morgan fingerprint density at radius 3 is 2.86 bits per heavy atom. The van der Waals surface area contributed by atoms with Crippen LogP contribution in [-0.2, 0) is 17.6 Å². The smallest absolute Gasteiger partial charge is 0.139 e. The Bertz CT molecular complexity index is 693. The Labute approximate surface area is 135 Å². The van der Waals surface area contributed by atoms with Crippen LogP contribution < -0.4 is 5.32 Å². The summed E-state index contributed by atoms with van der Waals surface area (Å²) in [4.78, 5) is 12.5. The predicted molar refractivity (Wildman–Crippen MR) is 91.0 cm³/mol. The minimum absolute atomic E-state index is 0.259. The van der Waals surface area contributed by atoms with Crippen molar-refractivity contribution in [2.45, 2.75) is 57.4 Å². The first-order chi connectivity index (χ1) is 10.8. The van der Waals surface area contributed by atoms with Crippen molar-refractivity contribution in [3.05, 3.63) is 16.3 Å². The maximum atomic E-state index is 5.27. The van der Waals surface area contributed by atoms with Crippen LogP contribution in [0.15, 0.2) is 0 Å². The van der Waals surface area contributed by atoms with Gasteiger partial charge in [0.25, 0.3) is 0 Å². The number of ether oxygens (including phenoxy) is 1. The highest BCUT2D eigenvalue weighted by molar-refractivity contribution is 7.19. The summed E-state index contributed by atoms with van der Waals surface area (Å²) >= 11 is 1.89. The topological polar surface area (TPSA) is 47.0 Å². The number of rotatable bonds is 5. The molecule has 0 saturated heterocycles. The molecule has 1 saturated carbocycles. The largest absolute Gasteiger partial charge is 0.383 e. The van der Waals surface area contributed by atoms with Gasteiger partial charge in [0.05, 0.1) is 12.0 Å². The molecular weight excluding hydrogens is 294 g/mol. The van der Waals surface area contributed by atoms with Crippen molar-refractivity contribution in [3.63, 3.8) is 0 Å². The first kappa shape index (κ1) is 14.4. The molecule has 4 nitrogen and oxygen atoms in total. The van der Waals surface area contributed by atoms with Gasteiger partial charge in [0.2, 0.25) is 0 Å². The van der Waals surface area contributed by atoms with E-state index >= 15 is 0 Å². The molecule has 0 bridgehead atoms. The van der Waals surface area contributed by atoms with Gasteiger partial charge in [-0.15, -0.1) is 11.3 Å². The molecule has 22 heavy (non-hydrogen) atoms. The molecule has 0 aromatic carbocycles. The summed E-state index contributed by atoms with van der Waals surface area (Å²) in [5.74, 6) is 2.66. The van der Waals surface area contributed by atoms with Crippen molar-refractivity contribution < 1.29 is 4.74 Å². The van der Waals surface area contributed by atoms with Crippen molar-refractivity contribution in [3.8, 4) is 0 Å². The van der Waals surface area contributed by atoms with Gasteiger partial charge in [0.15, 0.2) is 0 Å². The zero-order valence-electron chi connectivity index (χ0n) is 13.3. The van der Waals surface area contributed by atoms with E-state index in [0.717, 1.165) is 11.6 Å². The van der Waals surface area contributed by atoms with Crippen molar-refractivity contribution in [2.75, 3.05) is 19.0 Å². The Morgan fingerprint density at radius 2 is 2.09 bits per heavy atom. The average Bonchev–Trinajstić information content (AvgIpc) is 3.28. The van der Waals surface area contributed by atoms with Crippen LogP contribution in [0.1, 0.15) is 54.8 Å². The molecule has 4 rings (SSSR count). The summed E-state index contributed by atoms with van der Waals surface area (Å²) in [5, 5.41) is 4.86. The molecule has 2 aliphatic carbocycles. The van der Waals surface area contributed by atoms with Gasteiger partial charge in [-0.05, 0) is 51.0 Å². The minimum Gasteiger partial charge on any atom is -0.383 e. The first-order valence-corrected chi connectivity index (χ1v) is 9.15. The van der Waals surface area contributed by atoms with Crippen LogP contribution in [0.2, 0.25) is 0 Å². The third-order valence-electron chi connectivity index (χ3n) is 4.57. The minimum atomic E-state index is 0.259. The van der Waals surface area contributed by atoms with Gasteiger partial charge in [0, 0.05) is 23.9 Å². The van der Waals surface area contributed by atoms with Crippen molar-refractivity contribution in [2.24, 2.45) is 0 Å². The number of thiophene rings is 1. The van der Waals surface area contributed by atoms with Crippen LogP contribution in [-0.4, -0.2) is 29.7 Å². The summed E-state index contributed by atoms with van der Waals surface area (Å²) in [6.07, 6.45) is 7.46. The second-order valence-electron chi connectivity index (χ2n) is 6.60. The molecular formula is C17H23N3OS. The van der Waals surface area contributed by atoms with E-state index < -0.39 is 0 Å². The third-order valence-corrected chi connectivity index (χ3v) is 5.76. The Hall–Kier alpha value is -1.20. The SMILES string of the molecule is COC[C@@H](C)Nc1nc(C2CC2)nc2sc3c(c12)CCCC3. The molecule has 1 atom stereocenters. The van der Waals surface area contributed by atoms with Crippen molar-refractivity contribution >= 4 is 27.4 Å². The van der Waals surface area contributed by atoms with Gasteiger partial charge in [-0.25, -0.2) is 9.97 Å². The number of nitrogens with one attached hydrogen (secondary N) is 1. The lowest BCUT2D eigenvalue weighted by Crippen LogP contribution is -2.22. The molecule has 1 fully saturated rings. The van der Waals surface area contributed by atoms with Gasteiger partial charge >= 0.3 is 0 Å². The van der Waals surface area contributed by atoms with E-state index in [1.54, 1.807) is 7.11 Å². The molecule has 0 aliphatic heterocycles. The Kier molecular flexibility index (Phi) is 3.78. The molecule has 2 aromatic heterocycles. The first-order valence-electron chi connectivity index (χ1n) is 8.34. The second-order valence-corrected chi connectivity index (χ2v) is 7.68. The highest BCUT2D eigenvalue weighted by Gasteiger charge is 2.29. The second kappa shape index (κ2) is 5.78. The lowest BCUT2D eigenvalue weighted by Gasteiger charge is -2.17. The maximum Gasteiger partial charge on any atom is 0.139 e. The van der Waals surface area contributed by atoms with Gasteiger partial charge in [-0.3, -0.25) is 0 Å². The van der Waals surface area contributed by atoms with Crippen molar-refractivity contribution in [1.82, 2.24) is 9.97 Å². The summed E-state index contributed by atoms with van der Waals surface area (Å²) in [7, 11) is 1.75. The summed E-state index contributed by atoms with van der Waals surface area (Å²) in [6.45, 7) is 2.84. The maximum absolute atomic E-state index is 5.27. The van der Waals surface area contributed by atoms with E-state index in [1.165, 1.54) is 59.2 Å². The number of fused-ring (bicyclic) bond motifs is 3. The zero-order chi connectivity index (χ0) is 15.1. The standard InChI is InChI=1S/C17H23N3OS/c1-10(9-21-2)18-16-14-12-5-3-4-6-13(12)22-17(14)20-15(19-16)11-7-8-11/h10-11H,3-9H2,1-2H3,(H,18,19,20)/t10-/m1/s1. The molecule has 1 N–H and O–H groups in total. The number of hydrogen-bond acceptors (Lipinski definition) is 5. The highest BCUT2D eigenvalue weighted by Crippen LogP contribution is 2.43. The molecule has 0 spiro atoms. The lowest BCUT2D eigenvalue weighted by molar-refractivity contribution is 0.190. The summed E-state index contributed by atoms with van der Waals surface area (Å²) < 4.78 is 5.27. The van der Waals surface area contributed by atoms with Crippen LogP contribution in [0.25, 0.3) is 10.2 Å². The predicted octanol–water partition coefficient (Wildman–Crippen LogP) is 3.89. The molecule has 2 aromatic rings. The normalized spacial score (nSPS) is 19.2. The fourth-order valence-electron chi connectivity index (χ4n) is 3.33. The van der Waals surface area contributed by atoms with E-state index in [0.29, 0.717) is 12.5 Å². The number of methoxy groups -OCH3 is 1. The summed E-state index contributed by atoms with van der Waals surface area (Å²) in [5.41, 5.74) is 1.50. The van der Waals surface area contributed by atoms with Gasteiger partial charge in [0.1, 0.15) is 16.5 Å². The molecule has 0 amide bonds.